The number of carbonyl (C=O) groups excluding carboxylic acids is 1. The molecule has 1 atom stereocenters. The molecule has 2 N–H and O–H groups in total. The molecule has 1 amide bonds. The van der Waals surface area contributed by atoms with E-state index in [2.05, 4.69) is 26.2 Å². The predicted octanol–water partition coefficient (Wildman–Crippen LogP) is 3.75. The smallest absolute Gasteiger partial charge is 0.226 e. The number of aromatic nitrogens is 2. The minimum Gasteiger partial charge on any atom is -0.353 e. The van der Waals surface area contributed by atoms with Crippen molar-refractivity contribution in [2.24, 2.45) is 0 Å². The van der Waals surface area contributed by atoms with Crippen molar-refractivity contribution in [1.29, 1.82) is 0 Å². The van der Waals surface area contributed by atoms with Crippen LogP contribution < -0.4 is 5.32 Å². The van der Waals surface area contributed by atoms with Gasteiger partial charge in [0.05, 0.1) is 10.9 Å². The Hall–Kier alpha value is -1.54. The number of nitrogens with one attached hydrogen (secondary N) is 2. The lowest BCUT2D eigenvalue weighted by Gasteiger charge is -2.13. The SMILES string of the molecule is O=C(Cc1[nH]c(=S)n2c1CC(c1c(F)ccc(Br)c1F)C2)NC1CC1. The Balaban J connectivity index is 1.60. The first-order valence-corrected chi connectivity index (χ1v) is 9.37. The number of amides is 1. The Morgan fingerprint density at radius 3 is 2.88 bits per heavy atom. The van der Waals surface area contributed by atoms with Gasteiger partial charge in [-0.15, -0.1) is 0 Å². The Morgan fingerprint density at radius 1 is 1.40 bits per heavy atom. The number of carbonyl (C=O) groups is 1. The lowest BCUT2D eigenvalue weighted by molar-refractivity contribution is -0.120. The summed E-state index contributed by atoms with van der Waals surface area (Å²) in [4.78, 5) is 15.1. The number of rotatable bonds is 4. The van der Waals surface area contributed by atoms with E-state index in [1.54, 1.807) is 0 Å². The molecule has 2 aromatic rings. The van der Waals surface area contributed by atoms with Crippen LogP contribution >= 0.6 is 28.1 Å². The second-order valence-corrected chi connectivity index (χ2v) is 7.88. The zero-order chi connectivity index (χ0) is 17.7. The van der Waals surface area contributed by atoms with Gasteiger partial charge < -0.3 is 14.9 Å². The van der Waals surface area contributed by atoms with Crippen molar-refractivity contribution >= 4 is 34.1 Å². The molecular formula is C17H16BrF2N3OS. The molecule has 132 valence electrons. The molecular weight excluding hydrogens is 412 g/mol. The van der Waals surface area contributed by atoms with E-state index in [1.807, 2.05) is 4.57 Å². The van der Waals surface area contributed by atoms with Gasteiger partial charge >= 0.3 is 0 Å². The number of H-pyrrole nitrogens is 1. The van der Waals surface area contributed by atoms with Crippen LogP contribution in [0.15, 0.2) is 16.6 Å². The molecule has 0 spiro atoms. The lowest BCUT2D eigenvalue weighted by Crippen LogP contribution is -2.27. The minimum absolute atomic E-state index is 0.0505. The number of nitrogens with zero attached hydrogens (tertiary/aromatic N) is 1. The van der Waals surface area contributed by atoms with Crippen molar-refractivity contribution in [2.45, 2.75) is 44.2 Å². The van der Waals surface area contributed by atoms with Crippen molar-refractivity contribution in [1.82, 2.24) is 14.9 Å². The van der Waals surface area contributed by atoms with E-state index in [1.165, 1.54) is 12.1 Å². The number of imidazole rings is 1. The normalized spacial score (nSPS) is 19.1. The number of hydrogen-bond acceptors (Lipinski definition) is 2. The largest absolute Gasteiger partial charge is 0.353 e. The third-order valence-electron chi connectivity index (χ3n) is 4.79. The summed E-state index contributed by atoms with van der Waals surface area (Å²) in [5, 5.41) is 2.94. The van der Waals surface area contributed by atoms with E-state index in [0.29, 0.717) is 23.8 Å². The van der Waals surface area contributed by atoms with Gasteiger partial charge in [0, 0.05) is 35.5 Å². The van der Waals surface area contributed by atoms with Gasteiger partial charge in [-0.2, -0.15) is 0 Å². The molecule has 1 fully saturated rings. The van der Waals surface area contributed by atoms with Gasteiger partial charge in [-0.05, 0) is 59.5 Å². The second kappa shape index (κ2) is 6.32. The highest BCUT2D eigenvalue weighted by molar-refractivity contribution is 9.10. The van der Waals surface area contributed by atoms with Gasteiger partial charge in [-0.3, -0.25) is 4.79 Å². The molecule has 1 aliphatic heterocycles. The van der Waals surface area contributed by atoms with Crippen LogP contribution in [-0.2, 0) is 24.2 Å². The highest BCUT2D eigenvalue weighted by Crippen LogP contribution is 2.36. The van der Waals surface area contributed by atoms with Crippen LogP contribution in [0.5, 0.6) is 0 Å². The first-order chi connectivity index (χ1) is 11.9. The summed E-state index contributed by atoms with van der Waals surface area (Å²) in [6.45, 7) is 0.402. The molecule has 2 aliphatic rings. The molecule has 1 aliphatic carbocycles. The molecule has 4 rings (SSSR count). The van der Waals surface area contributed by atoms with Crippen LogP contribution in [0.2, 0.25) is 0 Å². The van der Waals surface area contributed by atoms with E-state index >= 15 is 0 Å². The Kier molecular flexibility index (Phi) is 4.27. The van der Waals surface area contributed by atoms with Crippen LogP contribution in [0, 0.1) is 16.4 Å². The van der Waals surface area contributed by atoms with Gasteiger partial charge in [-0.1, -0.05) is 0 Å². The van der Waals surface area contributed by atoms with Crippen LogP contribution in [0.1, 0.15) is 35.7 Å². The predicted molar refractivity (Wildman–Crippen MR) is 95.0 cm³/mol. The summed E-state index contributed by atoms with van der Waals surface area (Å²) < 4.78 is 31.2. The second-order valence-electron chi connectivity index (χ2n) is 6.64. The van der Waals surface area contributed by atoms with E-state index < -0.39 is 11.6 Å². The standard InChI is InChI=1S/C17H16BrF2N3OS/c18-10-3-4-11(19)15(16(10)20)8-5-13-12(22-17(25)23(13)7-8)6-14(24)21-9-1-2-9/h3-4,8-9H,1-2,5-7H2,(H,21,24)(H,22,25). The maximum absolute atomic E-state index is 14.4. The topological polar surface area (TPSA) is 49.8 Å². The zero-order valence-corrected chi connectivity index (χ0v) is 15.6. The zero-order valence-electron chi connectivity index (χ0n) is 13.2. The quantitative estimate of drug-likeness (QED) is 0.576. The summed E-state index contributed by atoms with van der Waals surface area (Å²) in [5.74, 6) is -1.52. The molecule has 1 aromatic heterocycles. The van der Waals surface area contributed by atoms with Gasteiger partial charge in [0.1, 0.15) is 11.6 Å². The summed E-state index contributed by atoms with van der Waals surface area (Å²) >= 11 is 8.44. The number of benzene rings is 1. The first kappa shape index (κ1) is 16.9. The Labute approximate surface area is 156 Å². The third kappa shape index (κ3) is 3.17. The van der Waals surface area contributed by atoms with Crippen molar-refractivity contribution < 1.29 is 13.6 Å². The van der Waals surface area contributed by atoms with Gasteiger partial charge in [-0.25, -0.2) is 8.78 Å². The summed E-state index contributed by atoms with van der Waals surface area (Å²) in [6, 6.07) is 2.92. The molecule has 1 saturated carbocycles. The van der Waals surface area contributed by atoms with E-state index in [-0.39, 0.29) is 28.3 Å². The average Bonchev–Trinajstić information content (AvgIpc) is 3.17. The fraction of sp³-hybridized carbons (Fsp3) is 0.412. The monoisotopic (exact) mass is 427 g/mol. The number of hydrogen-bond donors (Lipinski definition) is 2. The van der Waals surface area contributed by atoms with Crippen molar-refractivity contribution in [3.63, 3.8) is 0 Å². The summed E-state index contributed by atoms with van der Waals surface area (Å²) in [6.07, 6.45) is 2.71. The molecule has 4 nitrogen and oxygen atoms in total. The molecule has 1 aromatic carbocycles. The average molecular weight is 428 g/mol. The summed E-state index contributed by atoms with van der Waals surface area (Å²) in [7, 11) is 0. The summed E-state index contributed by atoms with van der Waals surface area (Å²) in [5.41, 5.74) is 1.67. The first-order valence-electron chi connectivity index (χ1n) is 8.17. The van der Waals surface area contributed by atoms with Gasteiger partial charge in [0.2, 0.25) is 5.91 Å². The maximum Gasteiger partial charge on any atom is 0.226 e. The van der Waals surface area contributed by atoms with Crippen molar-refractivity contribution in [3.05, 3.63) is 50.0 Å². The molecule has 2 heterocycles. The number of aromatic amines is 1. The van der Waals surface area contributed by atoms with Gasteiger partial charge in [0.15, 0.2) is 4.77 Å². The molecule has 0 saturated heterocycles. The van der Waals surface area contributed by atoms with E-state index in [4.69, 9.17) is 12.2 Å². The Morgan fingerprint density at radius 2 is 2.16 bits per heavy atom. The van der Waals surface area contributed by atoms with Crippen LogP contribution in [-0.4, -0.2) is 21.5 Å². The molecule has 8 heteroatoms. The molecule has 1 unspecified atom stereocenters. The number of fused-ring (bicyclic) bond motifs is 1. The fourth-order valence-corrected chi connectivity index (χ4v) is 4.08. The third-order valence-corrected chi connectivity index (χ3v) is 5.72. The molecule has 0 bridgehead atoms. The van der Waals surface area contributed by atoms with Crippen LogP contribution in [0.3, 0.4) is 0 Å². The molecule has 25 heavy (non-hydrogen) atoms. The highest BCUT2D eigenvalue weighted by Gasteiger charge is 2.32. The maximum atomic E-state index is 14.4. The highest BCUT2D eigenvalue weighted by atomic mass is 79.9. The van der Waals surface area contributed by atoms with Gasteiger partial charge in [0.25, 0.3) is 0 Å². The van der Waals surface area contributed by atoms with Crippen LogP contribution in [0.4, 0.5) is 8.78 Å². The minimum atomic E-state index is -0.571. The van der Waals surface area contributed by atoms with Crippen molar-refractivity contribution in [3.8, 4) is 0 Å². The Bertz CT molecular complexity index is 919. The van der Waals surface area contributed by atoms with E-state index in [0.717, 1.165) is 24.2 Å². The fourth-order valence-electron chi connectivity index (χ4n) is 3.42. The van der Waals surface area contributed by atoms with Crippen molar-refractivity contribution in [2.75, 3.05) is 0 Å². The lowest BCUT2D eigenvalue weighted by atomic mass is 9.95. The van der Waals surface area contributed by atoms with Crippen LogP contribution in [0.25, 0.3) is 0 Å². The van der Waals surface area contributed by atoms with E-state index in [9.17, 15) is 13.6 Å². The molecule has 0 radical (unpaired) electrons. The number of halogens is 3.